The molecule has 0 bridgehead atoms. The minimum absolute atomic E-state index is 0.151. The van der Waals surface area contributed by atoms with E-state index in [4.69, 9.17) is 4.74 Å². The molecule has 22 heavy (non-hydrogen) atoms. The molecule has 0 fully saturated rings. The summed E-state index contributed by atoms with van der Waals surface area (Å²) in [5, 5.41) is 0.559. The first-order valence-corrected chi connectivity index (χ1v) is 7.23. The van der Waals surface area contributed by atoms with Gasteiger partial charge in [-0.05, 0) is 44.2 Å². The number of hydrogen-bond acceptors (Lipinski definition) is 1. The Balaban J connectivity index is 1.98. The summed E-state index contributed by atoms with van der Waals surface area (Å²) in [7, 11) is 0. The van der Waals surface area contributed by atoms with Crippen LogP contribution >= 0.6 is 0 Å². The van der Waals surface area contributed by atoms with Gasteiger partial charge in [-0.1, -0.05) is 18.2 Å². The van der Waals surface area contributed by atoms with Gasteiger partial charge in [0.1, 0.15) is 12.4 Å². The average Bonchev–Trinajstić information content (AvgIpc) is 2.86. The third-order valence-electron chi connectivity index (χ3n) is 3.64. The van der Waals surface area contributed by atoms with Crippen LogP contribution in [0.3, 0.4) is 0 Å². The first kappa shape index (κ1) is 14.6. The highest BCUT2D eigenvalue weighted by Gasteiger charge is 2.14. The van der Waals surface area contributed by atoms with Crippen LogP contribution in [-0.4, -0.2) is 4.57 Å². The van der Waals surface area contributed by atoms with E-state index in [0.29, 0.717) is 5.39 Å². The fourth-order valence-corrected chi connectivity index (χ4v) is 2.70. The van der Waals surface area contributed by atoms with Crippen LogP contribution in [0.15, 0.2) is 48.5 Å². The van der Waals surface area contributed by atoms with E-state index in [1.54, 1.807) is 30.3 Å². The molecule has 0 N–H and O–H groups in total. The maximum atomic E-state index is 14.0. The SMILES string of the molecule is CC(C)n1c(COc2ccccc2F)cc2c(F)cccc21. The zero-order valence-corrected chi connectivity index (χ0v) is 12.5. The van der Waals surface area contributed by atoms with Gasteiger partial charge in [0.25, 0.3) is 0 Å². The first-order chi connectivity index (χ1) is 10.6. The molecule has 2 aromatic carbocycles. The van der Waals surface area contributed by atoms with Crippen molar-refractivity contribution in [3.8, 4) is 5.75 Å². The van der Waals surface area contributed by atoms with Gasteiger partial charge in [0.05, 0.1) is 11.2 Å². The van der Waals surface area contributed by atoms with E-state index in [9.17, 15) is 8.78 Å². The summed E-state index contributed by atoms with van der Waals surface area (Å²) >= 11 is 0. The molecule has 1 aromatic heterocycles. The lowest BCUT2D eigenvalue weighted by atomic mass is 10.2. The summed E-state index contributed by atoms with van der Waals surface area (Å²) < 4.78 is 35.2. The summed E-state index contributed by atoms with van der Waals surface area (Å²) in [6.45, 7) is 4.24. The van der Waals surface area contributed by atoms with Crippen LogP contribution in [0, 0.1) is 11.6 Å². The van der Waals surface area contributed by atoms with Crippen LogP contribution in [0.2, 0.25) is 0 Å². The summed E-state index contributed by atoms with van der Waals surface area (Å²) in [4.78, 5) is 0. The summed E-state index contributed by atoms with van der Waals surface area (Å²) in [6, 6.07) is 13.2. The number of nitrogens with zero attached hydrogens (tertiary/aromatic N) is 1. The van der Waals surface area contributed by atoms with Crippen LogP contribution in [-0.2, 0) is 6.61 Å². The van der Waals surface area contributed by atoms with Crippen LogP contribution in [0.4, 0.5) is 8.78 Å². The standard InChI is InChI=1S/C18H17F2NO/c1-12(2)21-13(10-14-15(19)7-5-8-17(14)21)11-22-18-9-4-3-6-16(18)20/h3-10,12H,11H2,1-2H3. The van der Waals surface area contributed by atoms with Crippen LogP contribution in [0.25, 0.3) is 10.9 Å². The number of benzene rings is 2. The minimum atomic E-state index is -0.402. The van der Waals surface area contributed by atoms with E-state index in [0.717, 1.165) is 11.2 Å². The molecule has 0 spiro atoms. The summed E-state index contributed by atoms with van der Waals surface area (Å²) in [5.74, 6) is -0.464. The largest absolute Gasteiger partial charge is 0.484 e. The van der Waals surface area contributed by atoms with Gasteiger partial charge in [-0.25, -0.2) is 8.78 Å². The zero-order chi connectivity index (χ0) is 15.7. The van der Waals surface area contributed by atoms with Crippen molar-refractivity contribution in [2.24, 2.45) is 0 Å². The van der Waals surface area contributed by atoms with E-state index in [2.05, 4.69) is 0 Å². The summed E-state index contributed by atoms with van der Waals surface area (Å²) in [5.41, 5.74) is 1.64. The molecule has 0 unspecified atom stereocenters. The second-order valence-corrected chi connectivity index (χ2v) is 5.49. The quantitative estimate of drug-likeness (QED) is 0.655. The Morgan fingerprint density at radius 3 is 2.45 bits per heavy atom. The van der Waals surface area contributed by atoms with Crippen molar-refractivity contribution < 1.29 is 13.5 Å². The number of halogens is 2. The smallest absolute Gasteiger partial charge is 0.165 e. The second kappa shape index (κ2) is 5.79. The van der Waals surface area contributed by atoms with Crippen molar-refractivity contribution in [3.63, 3.8) is 0 Å². The monoisotopic (exact) mass is 301 g/mol. The van der Waals surface area contributed by atoms with Crippen LogP contribution in [0.5, 0.6) is 5.75 Å². The van der Waals surface area contributed by atoms with Gasteiger partial charge in [0.15, 0.2) is 11.6 Å². The van der Waals surface area contributed by atoms with Crippen molar-refractivity contribution in [2.45, 2.75) is 26.5 Å². The van der Waals surface area contributed by atoms with Gasteiger partial charge in [0, 0.05) is 11.4 Å². The van der Waals surface area contributed by atoms with Crippen molar-refractivity contribution in [2.75, 3.05) is 0 Å². The first-order valence-electron chi connectivity index (χ1n) is 7.23. The molecule has 0 aliphatic heterocycles. The predicted molar refractivity (Wildman–Crippen MR) is 83.0 cm³/mol. The van der Waals surface area contributed by atoms with E-state index in [1.165, 1.54) is 12.1 Å². The Labute approximate surface area is 127 Å². The van der Waals surface area contributed by atoms with Crippen molar-refractivity contribution >= 4 is 10.9 Å². The van der Waals surface area contributed by atoms with Crippen LogP contribution < -0.4 is 4.74 Å². The molecule has 1 heterocycles. The number of fused-ring (bicyclic) bond motifs is 1. The second-order valence-electron chi connectivity index (χ2n) is 5.49. The minimum Gasteiger partial charge on any atom is -0.484 e. The lowest BCUT2D eigenvalue weighted by molar-refractivity contribution is 0.279. The number of ether oxygens (including phenoxy) is 1. The highest BCUT2D eigenvalue weighted by atomic mass is 19.1. The normalized spacial score (nSPS) is 11.3. The van der Waals surface area contributed by atoms with Gasteiger partial charge in [-0.15, -0.1) is 0 Å². The molecule has 0 saturated heterocycles. The molecule has 0 saturated carbocycles. The van der Waals surface area contributed by atoms with Crippen molar-refractivity contribution in [3.05, 3.63) is 65.9 Å². The molecular weight excluding hydrogens is 284 g/mol. The lowest BCUT2D eigenvalue weighted by Gasteiger charge is -2.15. The molecule has 2 nitrogen and oxygen atoms in total. The summed E-state index contributed by atoms with van der Waals surface area (Å²) in [6.07, 6.45) is 0. The van der Waals surface area contributed by atoms with Crippen molar-refractivity contribution in [1.82, 2.24) is 4.57 Å². The van der Waals surface area contributed by atoms with E-state index >= 15 is 0 Å². The molecule has 3 aromatic rings. The Morgan fingerprint density at radius 2 is 1.73 bits per heavy atom. The Hall–Kier alpha value is -2.36. The number of para-hydroxylation sites is 1. The molecular formula is C18H17F2NO. The Morgan fingerprint density at radius 1 is 1.00 bits per heavy atom. The van der Waals surface area contributed by atoms with E-state index in [1.807, 2.05) is 24.5 Å². The lowest BCUT2D eigenvalue weighted by Crippen LogP contribution is -2.08. The molecule has 3 rings (SSSR count). The third-order valence-corrected chi connectivity index (χ3v) is 3.64. The average molecular weight is 301 g/mol. The Bertz CT molecular complexity index is 808. The molecule has 4 heteroatoms. The molecule has 0 aliphatic carbocycles. The Kier molecular flexibility index (Phi) is 3.84. The predicted octanol–water partition coefficient (Wildman–Crippen LogP) is 5.08. The molecule has 0 radical (unpaired) electrons. The number of aromatic nitrogens is 1. The maximum Gasteiger partial charge on any atom is 0.165 e. The van der Waals surface area contributed by atoms with Gasteiger partial charge in [0.2, 0.25) is 0 Å². The number of rotatable bonds is 4. The van der Waals surface area contributed by atoms with E-state index in [-0.39, 0.29) is 24.2 Å². The van der Waals surface area contributed by atoms with Gasteiger partial charge in [-0.3, -0.25) is 0 Å². The van der Waals surface area contributed by atoms with Crippen LogP contribution in [0.1, 0.15) is 25.6 Å². The zero-order valence-electron chi connectivity index (χ0n) is 12.5. The van der Waals surface area contributed by atoms with Crippen molar-refractivity contribution in [1.29, 1.82) is 0 Å². The topological polar surface area (TPSA) is 14.2 Å². The fraction of sp³-hybridized carbons (Fsp3) is 0.222. The van der Waals surface area contributed by atoms with Gasteiger partial charge >= 0.3 is 0 Å². The number of hydrogen-bond donors (Lipinski definition) is 0. The van der Waals surface area contributed by atoms with Gasteiger partial charge in [-0.2, -0.15) is 0 Å². The van der Waals surface area contributed by atoms with Gasteiger partial charge < -0.3 is 9.30 Å². The highest BCUT2D eigenvalue weighted by molar-refractivity contribution is 5.82. The third kappa shape index (κ3) is 2.56. The molecule has 114 valence electrons. The fourth-order valence-electron chi connectivity index (χ4n) is 2.70. The molecule has 0 aliphatic rings. The van der Waals surface area contributed by atoms with E-state index < -0.39 is 5.82 Å². The molecule has 0 atom stereocenters. The molecule has 0 amide bonds. The highest BCUT2D eigenvalue weighted by Crippen LogP contribution is 2.27. The maximum absolute atomic E-state index is 14.0.